The van der Waals surface area contributed by atoms with E-state index in [0.717, 1.165) is 25.7 Å². The van der Waals surface area contributed by atoms with E-state index in [1.165, 1.54) is 77.1 Å². The summed E-state index contributed by atoms with van der Waals surface area (Å²) in [6.45, 7) is 4.84. The molecule has 3 heterocycles. The van der Waals surface area contributed by atoms with Crippen molar-refractivity contribution < 1.29 is 0 Å². The monoisotopic (exact) mass is 800 g/mol. The van der Waals surface area contributed by atoms with E-state index in [-0.39, 0.29) is 5.41 Å². The highest BCUT2D eigenvalue weighted by molar-refractivity contribution is 8.04. The molecule has 2 nitrogen and oxygen atoms in total. The molecule has 0 radical (unpaired) electrons. The number of anilines is 3. The number of hydrogen-bond acceptors (Lipinski definition) is 4. The summed E-state index contributed by atoms with van der Waals surface area (Å²) in [5.74, 6) is 0.895. The van der Waals surface area contributed by atoms with Gasteiger partial charge in [0, 0.05) is 49.0 Å². The molecule has 290 valence electrons. The zero-order valence-corrected chi connectivity index (χ0v) is 35.3. The van der Waals surface area contributed by atoms with E-state index in [9.17, 15) is 0 Å². The van der Waals surface area contributed by atoms with E-state index >= 15 is 0 Å². The summed E-state index contributed by atoms with van der Waals surface area (Å²) in [6, 6.07) is 47.0. The minimum Gasteiger partial charge on any atom is -0.355 e. The standard InChI is InChI=1S/C55H48N2S2/c1-55(2)47-20-9-6-17-43(47)46-34-38(25-32-48(46)55)36-23-26-39(27-24-36)56(42-16-12-15-37(33-42)35-13-4-3-5-14-35)40-28-30-41(31-29-40)57-51-44-18-7-10-21-49(44)58-53(51)54-52(57)45-19-8-11-22-50(45)59-54/h4,6-14,16-31,33-34,37,48,51-54H,3,5,15,32H2,1-2H3. The van der Waals surface area contributed by atoms with Crippen molar-refractivity contribution in [2.75, 3.05) is 9.80 Å². The highest BCUT2D eigenvalue weighted by atomic mass is 32.2. The second kappa shape index (κ2) is 14.0. The lowest BCUT2D eigenvalue weighted by molar-refractivity contribution is 0.415. The van der Waals surface area contributed by atoms with E-state index < -0.39 is 0 Å². The van der Waals surface area contributed by atoms with Gasteiger partial charge in [-0.1, -0.05) is 129 Å². The van der Waals surface area contributed by atoms with E-state index in [2.05, 4.69) is 217 Å². The quantitative estimate of drug-likeness (QED) is 0.169. The lowest BCUT2D eigenvalue weighted by Gasteiger charge is -2.34. The number of fused-ring (bicyclic) bond motifs is 10. The number of allylic oxidation sites excluding steroid dienone is 11. The maximum atomic E-state index is 2.77. The molecule has 0 N–H and O–H groups in total. The van der Waals surface area contributed by atoms with Crippen LogP contribution >= 0.6 is 23.5 Å². The number of nitrogens with zero attached hydrogens (tertiary/aromatic N) is 2. The average Bonchev–Trinajstić information content (AvgIpc) is 4.00. The molecule has 5 aromatic rings. The van der Waals surface area contributed by atoms with Crippen molar-refractivity contribution in [1.29, 1.82) is 0 Å². The molecule has 0 amide bonds. The third-order valence-corrected chi connectivity index (χ3v) is 17.3. The molecule has 6 unspecified atom stereocenters. The molecule has 59 heavy (non-hydrogen) atoms. The second-order valence-electron chi connectivity index (χ2n) is 17.8. The minimum absolute atomic E-state index is 0.145. The minimum atomic E-state index is 0.145. The molecular formula is C55H48N2S2. The Morgan fingerprint density at radius 2 is 1.31 bits per heavy atom. The summed E-state index contributed by atoms with van der Waals surface area (Å²) < 4.78 is 0. The molecule has 12 rings (SSSR count). The fraction of sp³-hybridized carbons (Fsp3) is 0.236. The first kappa shape index (κ1) is 35.8. The largest absolute Gasteiger partial charge is 0.355 e. The zero-order chi connectivity index (χ0) is 39.2. The van der Waals surface area contributed by atoms with Crippen molar-refractivity contribution in [3.05, 3.63) is 209 Å². The summed E-state index contributed by atoms with van der Waals surface area (Å²) >= 11 is 4.20. The molecule has 4 aliphatic carbocycles. The predicted octanol–water partition coefficient (Wildman–Crippen LogP) is 14.6. The second-order valence-corrected chi connectivity index (χ2v) is 20.2. The van der Waals surface area contributed by atoms with Gasteiger partial charge < -0.3 is 9.80 Å². The molecule has 3 aliphatic heterocycles. The van der Waals surface area contributed by atoms with Gasteiger partial charge in [-0.2, -0.15) is 0 Å². The van der Waals surface area contributed by atoms with Crippen LogP contribution < -0.4 is 9.80 Å². The van der Waals surface area contributed by atoms with Crippen molar-refractivity contribution in [3.8, 4) is 0 Å². The number of hydrogen-bond donors (Lipinski definition) is 0. The van der Waals surface area contributed by atoms with Gasteiger partial charge in [0.15, 0.2) is 0 Å². The molecular weight excluding hydrogens is 753 g/mol. The van der Waals surface area contributed by atoms with Crippen LogP contribution in [0.25, 0.3) is 11.1 Å². The Bertz CT molecular complexity index is 2630. The third-order valence-electron chi connectivity index (χ3n) is 14.2. The van der Waals surface area contributed by atoms with Crippen LogP contribution in [0.4, 0.5) is 17.1 Å². The van der Waals surface area contributed by atoms with Gasteiger partial charge in [0.1, 0.15) is 0 Å². The van der Waals surface area contributed by atoms with E-state index in [0.29, 0.717) is 34.4 Å². The first-order valence-electron chi connectivity index (χ1n) is 21.6. The van der Waals surface area contributed by atoms with E-state index in [1.54, 1.807) is 0 Å². The SMILES string of the molecule is CC1(C)c2ccccc2C2=CC(c3ccc(N(C4=CC(C5=CCCC=C5)CC=C4)c4ccc(N5C6c7ccccc7SC6C6Sc7ccccc7C65)cc4)cc3)=CCC21. The maximum Gasteiger partial charge on any atom is 0.0694 e. The van der Waals surface area contributed by atoms with Crippen LogP contribution in [0.15, 0.2) is 191 Å². The van der Waals surface area contributed by atoms with Crippen molar-refractivity contribution in [2.24, 2.45) is 11.8 Å². The van der Waals surface area contributed by atoms with Crippen molar-refractivity contribution >= 4 is 51.7 Å². The molecule has 0 spiro atoms. The molecule has 1 saturated heterocycles. The Hall–Kier alpha value is -5.16. The first-order chi connectivity index (χ1) is 29.0. The van der Waals surface area contributed by atoms with Crippen LogP contribution in [-0.2, 0) is 5.41 Å². The summed E-state index contributed by atoms with van der Waals surface area (Å²) in [5.41, 5.74) is 16.5. The molecule has 0 saturated carbocycles. The van der Waals surface area contributed by atoms with Crippen LogP contribution in [0.3, 0.4) is 0 Å². The zero-order valence-electron chi connectivity index (χ0n) is 33.7. The summed E-state index contributed by atoms with van der Waals surface area (Å²) in [4.78, 5) is 8.15. The summed E-state index contributed by atoms with van der Waals surface area (Å²) in [5, 5.41) is 1.02. The van der Waals surface area contributed by atoms with Gasteiger partial charge in [0.2, 0.25) is 0 Å². The summed E-state index contributed by atoms with van der Waals surface area (Å²) in [6.07, 6.45) is 23.7. The third kappa shape index (κ3) is 5.70. The smallest absolute Gasteiger partial charge is 0.0694 e. The predicted molar refractivity (Wildman–Crippen MR) is 250 cm³/mol. The van der Waals surface area contributed by atoms with Gasteiger partial charge in [0.05, 0.1) is 12.1 Å². The molecule has 0 aromatic heterocycles. The molecule has 4 heteroatoms. The molecule has 1 fully saturated rings. The Labute approximate surface area is 357 Å². The van der Waals surface area contributed by atoms with Crippen molar-refractivity contribution in [3.63, 3.8) is 0 Å². The molecule has 6 atom stereocenters. The fourth-order valence-corrected chi connectivity index (χ4v) is 14.6. The molecule has 0 bridgehead atoms. The average molecular weight is 801 g/mol. The first-order valence-corrected chi connectivity index (χ1v) is 23.3. The number of benzene rings is 5. The fourth-order valence-electron chi connectivity index (χ4n) is 11.4. The highest BCUT2D eigenvalue weighted by Crippen LogP contribution is 2.66. The van der Waals surface area contributed by atoms with Gasteiger partial charge in [-0.05, 0) is 136 Å². The van der Waals surface area contributed by atoms with Crippen LogP contribution in [0.5, 0.6) is 0 Å². The van der Waals surface area contributed by atoms with Crippen molar-refractivity contribution in [1.82, 2.24) is 0 Å². The van der Waals surface area contributed by atoms with Gasteiger partial charge >= 0.3 is 0 Å². The highest BCUT2D eigenvalue weighted by Gasteiger charge is 2.57. The van der Waals surface area contributed by atoms with E-state index in [1.807, 2.05) is 0 Å². The summed E-state index contributed by atoms with van der Waals surface area (Å²) in [7, 11) is 0. The lowest BCUT2D eigenvalue weighted by atomic mass is 9.73. The number of rotatable bonds is 6. The normalized spacial score (nSPS) is 26.4. The van der Waals surface area contributed by atoms with Crippen LogP contribution in [0.1, 0.15) is 79.4 Å². The molecule has 7 aliphatic rings. The van der Waals surface area contributed by atoms with Crippen LogP contribution in [0.2, 0.25) is 0 Å². The Morgan fingerprint density at radius 1 is 0.644 bits per heavy atom. The number of thioether (sulfide) groups is 2. The van der Waals surface area contributed by atoms with Gasteiger partial charge in [0.25, 0.3) is 0 Å². The van der Waals surface area contributed by atoms with Crippen LogP contribution in [0, 0.1) is 11.8 Å². The molecule has 5 aromatic carbocycles. The van der Waals surface area contributed by atoms with E-state index in [4.69, 9.17) is 0 Å². The maximum absolute atomic E-state index is 2.77. The van der Waals surface area contributed by atoms with Gasteiger partial charge in [-0.25, -0.2) is 0 Å². The topological polar surface area (TPSA) is 6.48 Å². The Balaban J connectivity index is 0.916. The van der Waals surface area contributed by atoms with Crippen molar-refractivity contribution in [2.45, 2.75) is 77.3 Å². The van der Waals surface area contributed by atoms with Gasteiger partial charge in [-0.3, -0.25) is 0 Å². The Kier molecular flexibility index (Phi) is 8.46. The lowest BCUT2D eigenvalue weighted by Crippen LogP contribution is -2.27. The van der Waals surface area contributed by atoms with Crippen LogP contribution in [-0.4, -0.2) is 10.5 Å². The Morgan fingerprint density at radius 3 is 2.00 bits per heavy atom. The van der Waals surface area contributed by atoms with Gasteiger partial charge in [-0.15, -0.1) is 23.5 Å².